The molecule has 0 saturated heterocycles. The highest BCUT2D eigenvalue weighted by Crippen LogP contribution is 2.37. The van der Waals surface area contributed by atoms with Gasteiger partial charge < -0.3 is 4.74 Å². The van der Waals surface area contributed by atoms with Crippen LogP contribution in [0.5, 0.6) is 0 Å². The summed E-state index contributed by atoms with van der Waals surface area (Å²) in [4.78, 5) is 25.6. The summed E-state index contributed by atoms with van der Waals surface area (Å²) in [6.07, 6.45) is 19.0. The van der Waals surface area contributed by atoms with Crippen molar-refractivity contribution in [1.29, 1.82) is 0 Å². The fourth-order valence-electron chi connectivity index (χ4n) is 5.32. The van der Waals surface area contributed by atoms with E-state index in [1.165, 1.54) is 89.2 Å². The van der Waals surface area contributed by atoms with Crippen LogP contribution in [0.1, 0.15) is 126 Å². The van der Waals surface area contributed by atoms with E-state index in [4.69, 9.17) is 4.74 Å². The van der Waals surface area contributed by atoms with E-state index in [1.807, 2.05) is 0 Å². The smallest absolute Gasteiger partial charge is 0.306 e. The van der Waals surface area contributed by atoms with Crippen LogP contribution in [-0.4, -0.2) is 26.8 Å². The van der Waals surface area contributed by atoms with Crippen molar-refractivity contribution >= 4 is 27.2 Å². The molecule has 6 heteroatoms. The number of hydrogen-bond donors (Lipinski definition) is 0. The zero-order valence-corrected chi connectivity index (χ0v) is 25.0. The molecule has 2 aromatic rings. The Kier molecular flexibility index (Phi) is 13.6. The van der Waals surface area contributed by atoms with Crippen LogP contribution in [0.2, 0.25) is 0 Å². The number of fused-ring (bicyclic) bond motifs is 1. The normalized spacial score (nSPS) is 14.3. The number of benzene rings is 2. The molecule has 5 nitrogen and oxygen atoms in total. The molecule has 3 rings (SSSR count). The fourth-order valence-corrected chi connectivity index (χ4v) is 6.99. The predicted octanol–water partition coefficient (Wildman–Crippen LogP) is 8.87. The van der Waals surface area contributed by atoms with Gasteiger partial charge in [-0.25, -0.2) is 8.42 Å². The van der Waals surface area contributed by atoms with Gasteiger partial charge in [0, 0.05) is 17.6 Å². The number of ether oxygens (including phenoxy) is 1. The molecule has 0 radical (unpaired) electrons. The standard InChI is InChI=1S/C34H46O5S/c1-2-3-4-5-6-7-8-9-10-11-12-13-14-15-19-26-32(35)39-27-31-33(28-22-17-16-18-23-28)34(36)29-24-20-21-25-30(29)40(31,37)38/h16-18,20-25H,2-15,19,26-27H2,1H3. The number of hydrogen-bond acceptors (Lipinski definition) is 5. The summed E-state index contributed by atoms with van der Waals surface area (Å²) in [7, 11) is -3.98. The lowest BCUT2D eigenvalue weighted by atomic mass is 9.96. The lowest BCUT2D eigenvalue weighted by Crippen LogP contribution is -2.25. The largest absolute Gasteiger partial charge is 0.460 e. The van der Waals surface area contributed by atoms with Gasteiger partial charge >= 0.3 is 5.97 Å². The van der Waals surface area contributed by atoms with Crippen LogP contribution in [0.4, 0.5) is 0 Å². The minimum absolute atomic E-state index is 0.0341. The maximum atomic E-state index is 13.5. The summed E-state index contributed by atoms with van der Waals surface area (Å²) in [6.45, 7) is 1.82. The average molecular weight is 567 g/mol. The molecule has 0 bridgehead atoms. The highest BCUT2D eigenvalue weighted by atomic mass is 32.2. The molecule has 1 aliphatic rings. The molecule has 0 amide bonds. The van der Waals surface area contributed by atoms with E-state index in [1.54, 1.807) is 42.5 Å². The van der Waals surface area contributed by atoms with Gasteiger partial charge in [-0.2, -0.15) is 0 Å². The van der Waals surface area contributed by atoms with Crippen LogP contribution in [0.15, 0.2) is 64.4 Å². The summed E-state index contributed by atoms with van der Waals surface area (Å²) in [5.74, 6) is -0.804. The van der Waals surface area contributed by atoms with Crippen LogP contribution in [0.25, 0.3) is 5.57 Å². The van der Waals surface area contributed by atoms with Gasteiger partial charge in [-0.1, -0.05) is 139 Å². The Labute approximate surface area is 241 Å². The third-order valence-corrected chi connectivity index (χ3v) is 9.57. The Hall–Kier alpha value is -2.73. The van der Waals surface area contributed by atoms with Crippen molar-refractivity contribution in [3.8, 4) is 0 Å². The summed E-state index contributed by atoms with van der Waals surface area (Å²) >= 11 is 0. The van der Waals surface area contributed by atoms with Gasteiger partial charge in [0.25, 0.3) is 0 Å². The lowest BCUT2D eigenvalue weighted by Gasteiger charge is -2.22. The Morgan fingerprint density at radius 2 is 1.18 bits per heavy atom. The molecule has 1 heterocycles. The van der Waals surface area contributed by atoms with Gasteiger partial charge in [0.05, 0.1) is 9.80 Å². The number of esters is 1. The molecule has 0 atom stereocenters. The zero-order valence-electron chi connectivity index (χ0n) is 24.2. The van der Waals surface area contributed by atoms with Crippen LogP contribution >= 0.6 is 0 Å². The van der Waals surface area contributed by atoms with Crippen molar-refractivity contribution < 1.29 is 22.7 Å². The van der Waals surface area contributed by atoms with E-state index in [2.05, 4.69) is 6.92 Å². The van der Waals surface area contributed by atoms with E-state index in [0.717, 1.165) is 19.3 Å². The number of Topliss-reactive ketones (excluding diaryl/α,β-unsaturated/α-hetero) is 1. The number of sulfone groups is 1. The van der Waals surface area contributed by atoms with Gasteiger partial charge in [-0.05, 0) is 24.1 Å². The summed E-state index contributed by atoms with van der Waals surface area (Å²) in [5.41, 5.74) is 0.729. The Bertz CT molecular complexity index is 1210. The zero-order chi connectivity index (χ0) is 28.6. The van der Waals surface area contributed by atoms with Gasteiger partial charge in [0.2, 0.25) is 9.84 Å². The minimum atomic E-state index is -3.98. The molecule has 0 spiro atoms. The number of carbonyl (C=O) groups excluding carboxylic acids is 2. The average Bonchev–Trinajstić information content (AvgIpc) is 2.96. The molecule has 0 N–H and O–H groups in total. The summed E-state index contributed by atoms with van der Waals surface area (Å²) in [5, 5.41) is 0. The van der Waals surface area contributed by atoms with Crippen molar-refractivity contribution in [2.45, 2.75) is 115 Å². The number of rotatable bonds is 19. The van der Waals surface area contributed by atoms with Crippen molar-refractivity contribution in [3.05, 3.63) is 70.6 Å². The second-order valence-corrected chi connectivity index (χ2v) is 12.8. The van der Waals surface area contributed by atoms with Crippen molar-refractivity contribution in [1.82, 2.24) is 0 Å². The molecule has 0 saturated carbocycles. The van der Waals surface area contributed by atoms with Gasteiger partial charge in [0.15, 0.2) is 5.78 Å². The monoisotopic (exact) mass is 566 g/mol. The van der Waals surface area contributed by atoms with Crippen LogP contribution in [0, 0.1) is 0 Å². The third kappa shape index (κ3) is 9.43. The lowest BCUT2D eigenvalue weighted by molar-refractivity contribution is -0.142. The summed E-state index contributed by atoms with van der Waals surface area (Å²) in [6, 6.07) is 14.9. The van der Waals surface area contributed by atoms with Crippen LogP contribution in [-0.2, 0) is 19.4 Å². The van der Waals surface area contributed by atoms with E-state index in [9.17, 15) is 18.0 Å². The van der Waals surface area contributed by atoms with Gasteiger partial charge in [-0.3, -0.25) is 9.59 Å². The molecule has 1 aliphatic heterocycles. The number of unbranched alkanes of at least 4 members (excludes halogenated alkanes) is 14. The Morgan fingerprint density at radius 3 is 1.75 bits per heavy atom. The van der Waals surface area contributed by atoms with Gasteiger partial charge in [-0.15, -0.1) is 0 Å². The predicted molar refractivity (Wildman–Crippen MR) is 162 cm³/mol. The molecule has 2 aromatic carbocycles. The highest BCUT2D eigenvalue weighted by molar-refractivity contribution is 7.95. The first-order valence-corrected chi connectivity index (χ1v) is 16.8. The molecular weight excluding hydrogens is 520 g/mol. The minimum Gasteiger partial charge on any atom is -0.460 e. The maximum Gasteiger partial charge on any atom is 0.306 e. The van der Waals surface area contributed by atoms with E-state index in [-0.39, 0.29) is 33.1 Å². The number of ketones is 1. The molecular formula is C34H46O5S. The number of carbonyl (C=O) groups is 2. The fraction of sp³-hybridized carbons (Fsp3) is 0.529. The van der Waals surface area contributed by atoms with Crippen molar-refractivity contribution in [2.24, 2.45) is 0 Å². The molecule has 0 aliphatic carbocycles. The molecule has 0 unspecified atom stereocenters. The second kappa shape index (κ2) is 17.2. The molecule has 218 valence electrons. The van der Waals surface area contributed by atoms with Crippen molar-refractivity contribution in [2.75, 3.05) is 6.61 Å². The molecule has 0 fully saturated rings. The SMILES string of the molecule is CCCCCCCCCCCCCCCCCC(=O)OCC1=C(c2ccccc2)C(=O)c2ccccc2S1(=O)=O. The Morgan fingerprint density at radius 1 is 0.675 bits per heavy atom. The first-order valence-electron chi connectivity index (χ1n) is 15.3. The van der Waals surface area contributed by atoms with Gasteiger partial charge in [0.1, 0.15) is 6.61 Å². The third-order valence-electron chi connectivity index (χ3n) is 7.66. The van der Waals surface area contributed by atoms with Crippen LogP contribution in [0.3, 0.4) is 0 Å². The van der Waals surface area contributed by atoms with E-state index < -0.39 is 22.4 Å². The second-order valence-electron chi connectivity index (χ2n) is 10.9. The summed E-state index contributed by atoms with van der Waals surface area (Å²) < 4.78 is 32.3. The quantitative estimate of drug-likeness (QED) is 0.125. The van der Waals surface area contributed by atoms with E-state index >= 15 is 0 Å². The topological polar surface area (TPSA) is 77.5 Å². The Balaban J connectivity index is 1.38. The van der Waals surface area contributed by atoms with Crippen molar-refractivity contribution in [3.63, 3.8) is 0 Å². The van der Waals surface area contributed by atoms with Crippen LogP contribution < -0.4 is 0 Å². The first-order chi connectivity index (χ1) is 19.5. The number of allylic oxidation sites excluding steroid dienone is 1. The molecule has 0 aromatic heterocycles. The van der Waals surface area contributed by atoms with E-state index in [0.29, 0.717) is 5.56 Å². The highest BCUT2D eigenvalue weighted by Gasteiger charge is 2.38. The molecule has 40 heavy (non-hydrogen) atoms. The maximum absolute atomic E-state index is 13.5. The first kappa shape index (κ1) is 31.8.